The number of methoxy groups -OCH3 is 2. The molecule has 0 heterocycles. The lowest BCUT2D eigenvalue weighted by Gasteiger charge is -2.36. The minimum Gasteiger partial charge on any atom is -0.496 e. The summed E-state index contributed by atoms with van der Waals surface area (Å²) >= 11 is 3.54. The van der Waals surface area contributed by atoms with E-state index in [1.165, 1.54) is 18.4 Å². The molecular formula is C16H24BrNO2. The van der Waals surface area contributed by atoms with E-state index < -0.39 is 0 Å². The highest BCUT2D eigenvalue weighted by Crippen LogP contribution is 2.37. The molecule has 0 bridgehead atoms. The molecule has 1 fully saturated rings. The van der Waals surface area contributed by atoms with Crippen molar-refractivity contribution in [1.82, 2.24) is 5.32 Å². The molecule has 1 aliphatic rings. The maximum absolute atomic E-state index is 5.91. The van der Waals surface area contributed by atoms with E-state index in [1.54, 1.807) is 7.11 Å². The molecule has 2 rings (SSSR count). The molecule has 0 spiro atoms. The Kier molecular flexibility index (Phi) is 5.47. The van der Waals surface area contributed by atoms with Gasteiger partial charge in [-0.05, 0) is 50.1 Å². The third kappa shape index (κ3) is 3.18. The highest BCUT2D eigenvalue weighted by atomic mass is 79.9. The summed E-state index contributed by atoms with van der Waals surface area (Å²) in [6.07, 6.45) is 5.67. The highest BCUT2D eigenvalue weighted by molar-refractivity contribution is 9.10. The van der Waals surface area contributed by atoms with Gasteiger partial charge in [0.05, 0.1) is 12.7 Å². The summed E-state index contributed by atoms with van der Waals surface area (Å²) < 4.78 is 12.5. The summed E-state index contributed by atoms with van der Waals surface area (Å²) in [6.45, 7) is 0. The third-order valence-electron chi connectivity index (χ3n) is 4.51. The van der Waals surface area contributed by atoms with Crippen molar-refractivity contribution in [2.45, 2.75) is 43.7 Å². The predicted molar refractivity (Wildman–Crippen MR) is 85.5 cm³/mol. The van der Waals surface area contributed by atoms with Crippen LogP contribution in [0.15, 0.2) is 22.7 Å². The third-order valence-corrected chi connectivity index (χ3v) is 5.00. The molecule has 112 valence electrons. The van der Waals surface area contributed by atoms with Crippen molar-refractivity contribution in [1.29, 1.82) is 0 Å². The fourth-order valence-corrected chi connectivity index (χ4v) is 3.75. The molecule has 1 aromatic carbocycles. The summed E-state index contributed by atoms with van der Waals surface area (Å²) in [4.78, 5) is 0. The van der Waals surface area contributed by atoms with E-state index in [0.29, 0.717) is 6.04 Å². The minimum absolute atomic E-state index is 0.0396. The molecule has 0 aliphatic heterocycles. The Bertz CT molecular complexity index is 444. The second kappa shape index (κ2) is 6.92. The average molecular weight is 342 g/mol. The second-order valence-corrected chi connectivity index (χ2v) is 6.39. The zero-order valence-corrected chi connectivity index (χ0v) is 14.1. The van der Waals surface area contributed by atoms with Gasteiger partial charge >= 0.3 is 0 Å². The largest absolute Gasteiger partial charge is 0.496 e. The second-order valence-electron chi connectivity index (χ2n) is 5.48. The van der Waals surface area contributed by atoms with Crippen LogP contribution in [-0.2, 0) is 11.2 Å². The summed E-state index contributed by atoms with van der Waals surface area (Å²) in [7, 11) is 5.59. The van der Waals surface area contributed by atoms with Gasteiger partial charge in [-0.2, -0.15) is 0 Å². The van der Waals surface area contributed by atoms with Gasteiger partial charge in [-0.3, -0.25) is 0 Å². The Morgan fingerprint density at radius 2 is 2.00 bits per heavy atom. The summed E-state index contributed by atoms with van der Waals surface area (Å²) in [5, 5.41) is 3.46. The standard InChI is InChI=1S/C16H24BrNO2/c1-18-15(16(20-3)8-4-5-9-16)11-12-10-13(17)6-7-14(12)19-2/h6-7,10,15,18H,4-5,8-9,11H2,1-3H3. The van der Waals surface area contributed by atoms with Crippen LogP contribution in [0.2, 0.25) is 0 Å². The number of halogens is 1. The molecule has 0 aromatic heterocycles. The van der Waals surface area contributed by atoms with E-state index in [-0.39, 0.29) is 5.60 Å². The first-order valence-electron chi connectivity index (χ1n) is 7.20. The van der Waals surface area contributed by atoms with E-state index in [9.17, 15) is 0 Å². The van der Waals surface area contributed by atoms with Gasteiger partial charge in [-0.25, -0.2) is 0 Å². The highest BCUT2D eigenvalue weighted by Gasteiger charge is 2.41. The number of hydrogen-bond donors (Lipinski definition) is 1. The SMILES string of the molecule is CNC(Cc1cc(Br)ccc1OC)C1(OC)CCCC1. The van der Waals surface area contributed by atoms with Crippen molar-refractivity contribution in [2.75, 3.05) is 21.3 Å². The Balaban J connectivity index is 2.23. The molecule has 1 aliphatic carbocycles. The van der Waals surface area contributed by atoms with Crippen molar-refractivity contribution in [2.24, 2.45) is 0 Å². The molecule has 3 nitrogen and oxygen atoms in total. The summed E-state index contributed by atoms with van der Waals surface area (Å²) in [5.74, 6) is 0.942. The smallest absolute Gasteiger partial charge is 0.122 e. The molecule has 1 N–H and O–H groups in total. The quantitative estimate of drug-likeness (QED) is 0.858. The first-order chi connectivity index (χ1) is 9.65. The molecule has 1 atom stereocenters. The Hall–Kier alpha value is -0.580. The van der Waals surface area contributed by atoms with Gasteiger partial charge in [0.25, 0.3) is 0 Å². The van der Waals surface area contributed by atoms with Crippen molar-refractivity contribution >= 4 is 15.9 Å². The van der Waals surface area contributed by atoms with E-state index in [0.717, 1.165) is 29.5 Å². The van der Waals surface area contributed by atoms with Crippen LogP contribution in [0.25, 0.3) is 0 Å². The van der Waals surface area contributed by atoms with Crippen LogP contribution in [-0.4, -0.2) is 32.9 Å². The normalized spacial score (nSPS) is 19.0. The summed E-state index contributed by atoms with van der Waals surface area (Å²) in [6, 6.07) is 6.47. The first kappa shape index (κ1) is 15.8. The monoisotopic (exact) mass is 341 g/mol. The Morgan fingerprint density at radius 3 is 2.55 bits per heavy atom. The molecular weight excluding hydrogens is 318 g/mol. The van der Waals surface area contributed by atoms with E-state index in [2.05, 4.69) is 27.3 Å². The number of nitrogens with one attached hydrogen (secondary N) is 1. The van der Waals surface area contributed by atoms with Gasteiger partial charge in [0.1, 0.15) is 5.75 Å². The van der Waals surface area contributed by atoms with Gasteiger partial charge in [0.2, 0.25) is 0 Å². The molecule has 0 saturated heterocycles. The lowest BCUT2D eigenvalue weighted by molar-refractivity contribution is -0.0337. The van der Waals surface area contributed by atoms with Crippen LogP contribution in [0.3, 0.4) is 0 Å². The minimum atomic E-state index is -0.0396. The zero-order valence-electron chi connectivity index (χ0n) is 12.5. The van der Waals surface area contributed by atoms with Crippen LogP contribution in [0.5, 0.6) is 5.75 Å². The van der Waals surface area contributed by atoms with Crippen molar-refractivity contribution in [3.8, 4) is 5.75 Å². The van der Waals surface area contributed by atoms with E-state index in [1.807, 2.05) is 26.3 Å². The molecule has 4 heteroatoms. The van der Waals surface area contributed by atoms with Gasteiger partial charge in [0.15, 0.2) is 0 Å². The van der Waals surface area contributed by atoms with E-state index >= 15 is 0 Å². The van der Waals surface area contributed by atoms with Gasteiger partial charge in [-0.1, -0.05) is 28.8 Å². The molecule has 0 amide bonds. The maximum atomic E-state index is 5.91. The Labute approximate surface area is 130 Å². The van der Waals surface area contributed by atoms with Crippen LogP contribution < -0.4 is 10.1 Å². The van der Waals surface area contributed by atoms with Crippen molar-refractivity contribution in [3.63, 3.8) is 0 Å². The number of hydrogen-bond acceptors (Lipinski definition) is 3. The maximum Gasteiger partial charge on any atom is 0.122 e. The first-order valence-corrected chi connectivity index (χ1v) is 7.99. The van der Waals surface area contributed by atoms with Gasteiger partial charge in [-0.15, -0.1) is 0 Å². The fourth-order valence-electron chi connectivity index (χ4n) is 3.35. The number of benzene rings is 1. The number of ether oxygens (including phenoxy) is 2. The van der Waals surface area contributed by atoms with Crippen LogP contribution in [0, 0.1) is 0 Å². The van der Waals surface area contributed by atoms with Crippen LogP contribution >= 0.6 is 15.9 Å². The van der Waals surface area contributed by atoms with E-state index in [4.69, 9.17) is 9.47 Å². The van der Waals surface area contributed by atoms with Gasteiger partial charge in [0, 0.05) is 17.6 Å². The Morgan fingerprint density at radius 1 is 1.30 bits per heavy atom. The van der Waals surface area contributed by atoms with Crippen LogP contribution in [0.1, 0.15) is 31.2 Å². The lowest BCUT2D eigenvalue weighted by atomic mass is 9.87. The number of rotatable bonds is 6. The zero-order chi connectivity index (χ0) is 14.6. The molecule has 1 aromatic rings. The van der Waals surface area contributed by atoms with Crippen molar-refractivity contribution < 1.29 is 9.47 Å². The molecule has 20 heavy (non-hydrogen) atoms. The predicted octanol–water partition coefficient (Wildman–Crippen LogP) is 3.55. The lowest BCUT2D eigenvalue weighted by Crippen LogP contribution is -2.50. The average Bonchev–Trinajstić information content (AvgIpc) is 2.95. The molecule has 0 radical (unpaired) electrons. The molecule has 1 saturated carbocycles. The summed E-state index contributed by atoms with van der Waals surface area (Å²) in [5.41, 5.74) is 1.17. The fraction of sp³-hybridized carbons (Fsp3) is 0.625. The van der Waals surface area contributed by atoms with Crippen molar-refractivity contribution in [3.05, 3.63) is 28.2 Å². The van der Waals surface area contributed by atoms with Crippen LogP contribution in [0.4, 0.5) is 0 Å². The van der Waals surface area contributed by atoms with Gasteiger partial charge < -0.3 is 14.8 Å². The topological polar surface area (TPSA) is 30.5 Å². The number of likely N-dealkylation sites (N-methyl/N-ethyl adjacent to an activating group) is 1. The molecule has 1 unspecified atom stereocenters.